The first-order chi connectivity index (χ1) is 9.26. The van der Waals surface area contributed by atoms with Crippen molar-refractivity contribution in [1.29, 1.82) is 5.26 Å². The fourth-order valence-electron chi connectivity index (χ4n) is 1.76. The number of anilines is 2. The number of nitrogens with one attached hydrogen (secondary N) is 1. The van der Waals surface area contributed by atoms with Gasteiger partial charge in [0.05, 0.1) is 21.5 Å². The van der Waals surface area contributed by atoms with Crippen LogP contribution < -0.4 is 5.32 Å². The van der Waals surface area contributed by atoms with Crippen molar-refractivity contribution >= 4 is 48.3 Å². The van der Waals surface area contributed by atoms with Crippen molar-refractivity contribution in [1.82, 2.24) is 4.98 Å². The first kappa shape index (κ1) is 12.2. The average molecular weight is 330 g/mol. The molecular weight excluding hydrogens is 322 g/mol. The summed E-state index contributed by atoms with van der Waals surface area (Å²) in [4.78, 5) is 4.49. The van der Waals surface area contributed by atoms with Gasteiger partial charge in [0, 0.05) is 4.47 Å². The van der Waals surface area contributed by atoms with E-state index in [0.717, 1.165) is 25.5 Å². The number of halogens is 1. The summed E-state index contributed by atoms with van der Waals surface area (Å²) in [6.07, 6.45) is 0. The van der Waals surface area contributed by atoms with E-state index in [1.165, 1.54) is 0 Å². The Labute approximate surface area is 122 Å². The SMILES string of the molecule is N#Cc1cc(Br)ccc1Nc1nc2ccccc2s1. The van der Waals surface area contributed by atoms with Crippen molar-refractivity contribution in [2.24, 2.45) is 0 Å². The van der Waals surface area contributed by atoms with Crippen molar-refractivity contribution in [3.8, 4) is 6.07 Å². The Morgan fingerprint density at radius 3 is 2.84 bits per heavy atom. The molecule has 0 unspecified atom stereocenters. The summed E-state index contributed by atoms with van der Waals surface area (Å²) in [6.45, 7) is 0. The number of benzene rings is 2. The Morgan fingerprint density at radius 2 is 2.05 bits per heavy atom. The molecule has 0 saturated heterocycles. The van der Waals surface area contributed by atoms with Gasteiger partial charge in [-0.2, -0.15) is 5.26 Å². The van der Waals surface area contributed by atoms with Crippen LogP contribution >= 0.6 is 27.3 Å². The highest BCUT2D eigenvalue weighted by Crippen LogP contribution is 2.30. The second-order valence-corrected chi connectivity index (χ2v) is 5.86. The number of nitriles is 1. The zero-order valence-corrected chi connectivity index (χ0v) is 12.1. The molecule has 92 valence electrons. The monoisotopic (exact) mass is 329 g/mol. The Hall–Kier alpha value is -1.90. The zero-order chi connectivity index (χ0) is 13.2. The van der Waals surface area contributed by atoms with E-state index in [1.807, 2.05) is 36.4 Å². The first-order valence-corrected chi connectivity index (χ1v) is 7.19. The number of hydrogen-bond acceptors (Lipinski definition) is 4. The first-order valence-electron chi connectivity index (χ1n) is 5.58. The summed E-state index contributed by atoms with van der Waals surface area (Å²) >= 11 is 4.93. The molecule has 0 radical (unpaired) electrons. The Kier molecular flexibility index (Phi) is 3.20. The molecular formula is C14H8BrN3S. The number of thiazole rings is 1. The van der Waals surface area contributed by atoms with Gasteiger partial charge >= 0.3 is 0 Å². The number of fused-ring (bicyclic) bond motifs is 1. The minimum absolute atomic E-state index is 0.591. The highest BCUT2D eigenvalue weighted by Gasteiger charge is 2.07. The number of hydrogen-bond donors (Lipinski definition) is 1. The minimum atomic E-state index is 0.591. The highest BCUT2D eigenvalue weighted by atomic mass is 79.9. The predicted octanol–water partition coefficient (Wildman–Crippen LogP) is 4.67. The van der Waals surface area contributed by atoms with Gasteiger partial charge < -0.3 is 5.32 Å². The third-order valence-corrected chi connectivity index (χ3v) is 4.08. The maximum atomic E-state index is 9.13. The van der Waals surface area contributed by atoms with E-state index in [0.29, 0.717) is 5.56 Å². The van der Waals surface area contributed by atoms with E-state index in [1.54, 1.807) is 17.4 Å². The highest BCUT2D eigenvalue weighted by molar-refractivity contribution is 9.10. The largest absolute Gasteiger partial charge is 0.330 e. The fourth-order valence-corrected chi connectivity index (χ4v) is 3.00. The third kappa shape index (κ3) is 2.46. The third-order valence-electron chi connectivity index (χ3n) is 2.64. The summed E-state index contributed by atoms with van der Waals surface area (Å²) in [7, 11) is 0. The quantitative estimate of drug-likeness (QED) is 0.742. The second-order valence-electron chi connectivity index (χ2n) is 3.91. The number of aromatic nitrogens is 1. The van der Waals surface area contributed by atoms with Crippen molar-refractivity contribution in [3.05, 3.63) is 52.5 Å². The summed E-state index contributed by atoms with van der Waals surface area (Å²) in [5, 5.41) is 13.1. The summed E-state index contributed by atoms with van der Waals surface area (Å²) in [6, 6.07) is 15.7. The molecule has 2 aromatic carbocycles. The molecule has 0 aliphatic rings. The van der Waals surface area contributed by atoms with E-state index in [-0.39, 0.29) is 0 Å². The lowest BCUT2D eigenvalue weighted by Crippen LogP contribution is -1.92. The van der Waals surface area contributed by atoms with Gasteiger partial charge in [-0.3, -0.25) is 0 Å². The van der Waals surface area contributed by atoms with Crippen LogP contribution in [0.5, 0.6) is 0 Å². The lowest BCUT2D eigenvalue weighted by atomic mass is 10.2. The van der Waals surface area contributed by atoms with Gasteiger partial charge in [-0.05, 0) is 30.3 Å². The van der Waals surface area contributed by atoms with Crippen LogP contribution in [0.3, 0.4) is 0 Å². The van der Waals surface area contributed by atoms with Gasteiger partial charge in [0.1, 0.15) is 6.07 Å². The van der Waals surface area contributed by atoms with Gasteiger partial charge in [-0.15, -0.1) is 0 Å². The van der Waals surface area contributed by atoms with E-state index in [4.69, 9.17) is 5.26 Å². The molecule has 0 atom stereocenters. The fraction of sp³-hybridized carbons (Fsp3) is 0. The van der Waals surface area contributed by atoms with Crippen LogP contribution in [0.15, 0.2) is 46.9 Å². The molecule has 0 aliphatic heterocycles. The number of para-hydroxylation sites is 1. The van der Waals surface area contributed by atoms with Crippen molar-refractivity contribution in [3.63, 3.8) is 0 Å². The number of rotatable bonds is 2. The Bertz CT molecular complexity index is 756. The van der Waals surface area contributed by atoms with Crippen LogP contribution in [-0.2, 0) is 0 Å². The molecule has 0 spiro atoms. The number of nitrogens with zero attached hydrogens (tertiary/aromatic N) is 2. The van der Waals surface area contributed by atoms with E-state index >= 15 is 0 Å². The summed E-state index contributed by atoms with van der Waals surface area (Å²) < 4.78 is 2.01. The van der Waals surface area contributed by atoms with E-state index < -0.39 is 0 Å². The average Bonchev–Trinajstić information content (AvgIpc) is 2.83. The molecule has 1 aromatic heterocycles. The van der Waals surface area contributed by atoms with Gasteiger partial charge in [0.25, 0.3) is 0 Å². The van der Waals surface area contributed by atoms with Crippen molar-refractivity contribution < 1.29 is 0 Å². The second kappa shape index (κ2) is 5.00. The van der Waals surface area contributed by atoms with Gasteiger partial charge in [0.15, 0.2) is 5.13 Å². The Morgan fingerprint density at radius 1 is 1.21 bits per heavy atom. The molecule has 0 amide bonds. The summed E-state index contributed by atoms with van der Waals surface area (Å²) in [5.74, 6) is 0. The van der Waals surface area contributed by atoms with E-state index in [9.17, 15) is 0 Å². The molecule has 1 heterocycles. The Balaban J connectivity index is 1.99. The molecule has 3 rings (SSSR count). The maximum absolute atomic E-state index is 9.13. The van der Waals surface area contributed by atoms with Crippen molar-refractivity contribution in [2.45, 2.75) is 0 Å². The maximum Gasteiger partial charge on any atom is 0.188 e. The molecule has 19 heavy (non-hydrogen) atoms. The normalized spacial score (nSPS) is 10.3. The van der Waals surface area contributed by atoms with Gasteiger partial charge in [0.2, 0.25) is 0 Å². The minimum Gasteiger partial charge on any atom is -0.330 e. The van der Waals surface area contributed by atoms with Crippen LogP contribution in [0.25, 0.3) is 10.2 Å². The van der Waals surface area contributed by atoms with Crippen LogP contribution in [-0.4, -0.2) is 4.98 Å². The van der Waals surface area contributed by atoms with E-state index in [2.05, 4.69) is 32.3 Å². The summed E-state index contributed by atoms with van der Waals surface area (Å²) in [5.41, 5.74) is 2.32. The molecule has 3 aromatic rings. The molecule has 0 fully saturated rings. The standard InChI is InChI=1S/C14H8BrN3S/c15-10-5-6-11(9(7-10)8-16)17-14-18-12-3-1-2-4-13(12)19-14/h1-7H,(H,17,18). The lowest BCUT2D eigenvalue weighted by molar-refractivity contribution is 1.41. The molecule has 3 nitrogen and oxygen atoms in total. The molecule has 0 aliphatic carbocycles. The van der Waals surface area contributed by atoms with Crippen LogP contribution in [0.2, 0.25) is 0 Å². The molecule has 5 heteroatoms. The molecule has 0 saturated carbocycles. The van der Waals surface area contributed by atoms with Crippen LogP contribution in [0.4, 0.5) is 10.8 Å². The van der Waals surface area contributed by atoms with Crippen LogP contribution in [0.1, 0.15) is 5.56 Å². The van der Waals surface area contributed by atoms with Gasteiger partial charge in [-0.1, -0.05) is 39.4 Å². The van der Waals surface area contributed by atoms with Gasteiger partial charge in [-0.25, -0.2) is 4.98 Å². The lowest BCUT2D eigenvalue weighted by Gasteiger charge is -2.04. The van der Waals surface area contributed by atoms with Crippen molar-refractivity contribution in [2.75, 3.05) is 5.32 Å². The molecule has 0 bridgehead atoms. The predicted molar refractivity (Wildman–Crippen MR) is 81.8 cm³/mol. The smallest absolute Gasteiger partial charge is 0.188 e. The zero-order valence-electron chi connectivity index (χ0n) is 9.72. The molecule has 1 N–H and O–H groups in total. The van der Waals surface area contributed by atoms with Crippen LogP contribution in [0, 0.1) is 11.3 Å². The topological polar surface area (TPSA) is 48.7 Å².